The molecular weight excluding hydrogens is 232 g/mol. The molecule has 0 spiro atoms. The number of hydrogen-bond acceptors (Lipinski definition) is 2. The van der Waals surface area contributed by atoms with Crippen LogP contribution in [-0.4, -0.2) is 25.0 Å². The Morgan fingerprint density at radius 2 is 2.00 bits per heavy atom. The van der Waals surface area contributed by atoms with Gasteiger partial charge < -0.3 is 10.2 Å². The van der Waals surface area contributed by atoms with E-state index in [9.17, 15) is 0 Å². The van der Waals surface area contributed by atoms with Crippen molar-refractivity contribution in [2.45, 2.75) is 51.6 Å². The molecule has 1 aromatic carbocycles. The van der Waals surface area contributed by atoms with Crippen LogP contribution in [0.2, 0.25) is 0 Å². The number of rotatable bonds is 5. The lowest BCUT2D eigenvalue weighted by Gasteiger charge is -2.32. The molecule has 0 amide bonds. The normalized spacial score (nSPS) is 23.6. The summed E-state index contributed by atoms with van der Waals surface area (Å²) in [7, 11) is 4.24. The molecule has 19 heavy (non-hydrogen) atoms. The summed E-state index contributed by atoms with van der Waals surface area (Å²) < 4.78 is 0. The third kappa shape index (κ3) is 4.24. The molecule has 106 valence electrons. The molecule has 1 N–H and O–H groups in total. The third-order valence-electron chi connectivity index (χ3n) is 4.21. The molecule has 1 aliphatic rings. The monoisotopic (exact) mass is 260 g/mol. The summed E-state index contributed by atoms with van der Waals surface area (Å²) in [6.45, 7) is 3.34. The Kier molecular flexibility index (Phi) is 5.26. The van der Waals surface area contributed by atoms with Gasteiger partial charge in [0.05, 0.1) is 0 Å². The third-order valence-corrected chi connectivity index (χ3v) is 4.21. The maximum Gasteiger partial charge on any atom is 0.0345 e. The smallest absolute Gasteiger partial charge is 0.0345 e. The lowest BCUT2D eigenvalue weighted by molar-refractivity contribution is 0.317. The summed E-state index contributed by atoms with van der Waals surface area (Å²) in [5, 5.41) is 3.78. The minimum Gasteiger partial charge on any atom is -0.382 e. The molecule has 0 aromatic heterocycles. The first kappa shape index (κ1) is 14.4. The highest BCUT2D eigenvalue weighted by molar-refractivity contribution is 5.46. The number of nitrogens with zero attached hydrogens (tertiary/aromatic N) is 1. The van der Waals surface area contributed by atoms with Gasteiger partial charge >= 0.3 is 0 Å². The molecule has 2 nitrogen and oxygen atoms in total. The van der Waals surface area contributed by atoms with E-state index in [-0.39, 0.29) is 0 Å². The van der Waals surface area contributed by atoms with Crippen LogP contribution in [0.15, 0.2) is 24.3 Å². The fraction of sp³-hybridized carbons (Fsp3) is 0.647. The van der Waals surface area contributed by atoms with E-state index < -0.39 is 0 Å². The van der Waals surface area contributed by atoms with Crippen LogP contribution in [0.1, 0.15) is 44.6 Å². The molecule has 1 fully saturated rings. The lowest BCUT2D eigenvalue weighted by Crippen LogP contribution is -2.31. The van der Waals surface area contributed by atoms with Crippen molar-refractivity contribution in [3.63, 3.8) is 0 Å². The van der Waals surface area contributed by atoms with E-state index >= 15 is 0 Å². The molecule has 1 aliphatic carbocycles. The van der Waals surface area contributed by atoms with Crippen molar-refractivity contribution in [3.05, 3.63) is 29.8 Å². The highest BCUT2D eigenvalue weighted by Gasteiger charge is 2.23. The maximum absolute atomic E-state index is 3.78. The first-order valence-electron chi connectivity index (χ1n) is 7.69. The van der Waals surface area contributed by atoms with Gasteiger partial charge in [0.15, 0.2) is 0 Å². The molecule has 1 saturated carbocycles. The van der Waals surface area contributed by atoms with Crippen LogP contribution in [0.3, 0.4) is 0 Å². The van der Waals surface area contributed by atoms with Gasteiger partial charge in [0.1, 0.15) is 0 Å². The minimum atomic E-state index is 0.674. The molecule has 2 rings (SSSR count). The predicted molar refractivity (Wildman–Crippen MR) is 83.5 cm³/mol. The largest absolute Gasteiger partial charge is 0.382 e. The van der Waals surface area contributed by atoms with Gasteiger partial charge in [0.2, 0.25) is 0 Å². The van der Waals surface area contributed by atoms with Crippen LogP contribution < -0.4 is 5.32 Å². The SMILES string of the molecule is CCC1CCCCC1Nc1cccc(CN(C)C)c1. The van der Waals surface area contributed by atoms with Crippen molar-refractivity contribution >= 4 is 5.69 Å². The van der Waals surface area contributed by atoms with Crippen LogP contribution in [-0.2, 0) is 6.54 Å². The minimum absolute atomic E-state index is 0.674. The maximum atomic E-state index is 3.78. The number of hydrogen-bond donors (Lipinski definition) is 1. The van der Waals surface area contributed by atoms with E-state index in [1.165, 1.54) is 43.4 Å². The number of nitrogens with one attached hydrogen (secondary N) is 1. The van der Waals surface area contributed by atoms with Crippen LogP contribution in [0.25, 0.3) is 0 Å². The predicted octanol–water partition coefficient (Wildman–Crippen LogP) is 4.13. The summed E-state index contributed by atoms with van der Waals surface area (Å²) in [5.74, 6) is 0.853. The number of anilines is 1. The van der Waals surface area contributed by atoms with Gasteiger partial charge in [-0.3, -0.25) is 0 Å². The van der Waals surface area contributed by atoms with Crippen LogP contribution in [0.5, 0.6) is 0 Å². The van der Waals surface area contributed by atoms with Gasteiger partial charge in [-0.05, 0) is 50.6 Å². The van der Waals surface area contributed by atoms with E-state index in [1.807, 2.05) is 0 Å². The second-order valence-electron chi connectivity index (χ2n) is 6.14. The van der Waals surface area contributed by atoms with Crippen molar-refractivity contribution in [3.8, 4) is 0 Å². The summed E-state index contributed by atoms with van der Waals surface area (Å²) in [5.41, 5.74) is 2.68. The lowest BCUT2D eigenvalue weighted by atomic mass is 9.83. The quantitative estimate of drug-likeness (QED) is 0.856. The Morgan fingerprint density at radius 3 is 2.74 bits per heavy atom. The van der Waals surface area contributed by atoms with Gasteiger partial charge in [-0.2, -0.15) is 0 Å². The summed E-state index contributed by atoms with van der Waals surface area (Å²) in [6, 6.07) is 9.57. The zero-order chi connectivity index (χ0) is 13.7. The van der Waals surface area contributed by atoms with E-state index in [1.54, 1.807) is 0 Å². The molecule has 2 heteroatoms. The van der Waals surface area contributed by atoms with Crippen molar-refractivity contribution in [1.29, 1.82) is 0 Å². The zero-order valence-corrected chi connectivity index (χ0v) is 12.7. The molecule has 0 bridgehead atoms. The molecule has 0 heterocycles. The van der Waals surface area contributed by atoms with E-state index in [0.29, 0.717) is 6.04 Å². The second-order valence-corrected chi connectivity index (χ2v) is 6.14. The number of benzene rings is 1. The van der Waals surface area contributed by atoms with Crippen molar-refractivity contribution in [2.75, 3.05) is 19.4 Å². The van der Waals surface area contributed by atoms with E-state index in [0.717, 1.165) is 12.5 Å². The average Bonchev–Trinajstić information content (AvgIpc) is 2.39. The molecule has 0 radical (unpaired) electrons. The summed E-state index contributed by atoms with van der Waals surface area (Å²) in [6.07, 6.45) is 6.82. The van der Waals surface area contributed by atoms with E-state index in [2.05, 4.69) is 55.5 Å². The zero-order valence-electron chi connectivity index (χ0n) is 12.7. The summed E-state index contributed by atoms with van der Waals surface area (Å²) >= 11 is 0. The Hall–Kier alpha value is -1.02. The average molecular weight is 260 g/mol. The van der Waals surface area contributed by atoms with Gasteiger partial charge in [-0.15, -0.1) is 0 Å². The molecule has 2 atom stereocenters. The standard InChI is InChI=1S/C17H28N2/c1-4-15-9-5-6-11-17(15)18-16-10-7-8-14(12-16)13-19(2)3/h7-8,10,12,15,17-18H,4-6,9,11,13H2,1-3H3. The van der Waals surface area contributed by atoms with Crippen molar-refractivity contribution < 1.29 is 0 Å². The fourth-order valence-electron chi connectivity index (χ4n) is 3.23. The first-order chi connectivity index (χ1) is 9.19. The van der Waals surface area contributed by atoms with Gasteiger partial charge in [-0.25, -0.2) is 0 Å². The van der Waals surface area contributed by atoms with Crippen LogP contribution in [0.4, 0.5) is 5.69 Å². The van der Waals surface area contributed by atoms with Gasteiger partial charge in [-0.1, -0.05) is 38.3 Å². The molecular formula is C17H28N2. The highest BCUT2D eigenvalue weighted by atomic mass is 15.0. The van der Waals surface area contributed by atoms with Crippen LogP contribution >= 0.6 is 0 Å². The van der Waals surface area contributed by atoms with Crippen molar-refractivity contribution in [1.82, 2.24) is 4.90 Å². The molecule has 1 aromatic rings. The Morgan fingerprint density at radius 1 is 1.21 bits per heavy atom. The fourth-order valence-corrected chi connectivity index (χ4v) is 3.23. The van der Waals surface area contributed by atoms with Crippen LogP contribution in [0, 0.1) is 5.92 Å². The Labute approximate surface area is 118 Å². The Bertz CT molecular complexity index is 387. The second kappa shape index (κ2) is 6.95. The van der Waals surface area contributed by atoms with Gasteiger partial charge in [0.25, 0.3) is 0 Å². The first-order valence-corrected chi connectivity index (χ1v) is 7.69. The summed E-state index contributed by atoms with van der Waals surface area (Å²) in [4.78, 5) is 2.22. The molecule has 0 aliphatic heterocycles. The highest BCUT2D eigenvalue weighted by Crippen LogP contribution is 2.29. The topological polar surface area (TPSA) is 15.3 Å². The molecule has 2 unspecified atom stereocenters. The Balaban J connectivity index is 2.01. The van der Waals surface area contributed by atoms with Gasteiger partial charge in [0, 0.05) is 18.3 Å². The molecule has 0 saturated heterocycles. The van der Waals surface area contributed by atoms with Crippen molar-refractivity contribution in [2.24, 2.45) is 5.92 Å². The van der Waals surface area contributed by atoms with E-state index in [4.69, 9.17) is 0 Å².